The Balaban J connectivity index is 1.65. The minimum Gasteiger partial charge on any atom is -0.344 e. The van der Waals surface area contributed by atoms with Crippen LogP contribution < -0.4 is 10.6 Å². The second kappa shape index (κ2) is 6.10. The molecule has 2 aromatic rings. The topological polar surface area (TPSA) is 45.7 Å². The van der Waals surface area contributed by atoms with E-state index in [1.165, 1.54) is 11.1 Å². The van der Waals surface area contributed by atoms with Crippen molar-refractivity contribution < 1.29 is 10.1 Å². The van der Waals surface area contributed by atoms with Crippen molar-refractivity contribution in [1.29, 1.82) is 0 Å². The van der Waals surface area contributed by atoms with Crippen LogP contribution in [0.15, 0.2) is 54.6 Å². The molecule has 3 rings (SSSR count). The average molecular weight is 281 g/mol. The smallest absolute Gasteiger partial charge is 0.279 e. The van der Waals surface area contributed by atoms with Crippen LogP contribution in [-0.2, 0) is 17.8 Å². The summed E-state index contributed by atoms with van der Waals surface area (Å²) in [6, 6.07) is 18.5. The van der Waals surface area contributed by atoms with E-state index in [1.54, 1.807) is 0 Å². The summed E-state index contributed by atoms with van der Waals surface area (Å²) in [4.78, 5) is 12.4. The molecular weight excluding hydrogens is 260 g/mol. The van der Waals surface area contributed by atoms with Crippen LogP contribution >= 0.6 is 0 Å². The van der Waals surface area contributed by atoms with E-state index < -0.39 is 0 Å². The molecule has 0 aromatic heterocycles. The molecule has 21 heavy (non-hydrogen) atoms. The first-order chi connectivity index (χ1) is 10.2. The molecule has 1 aliphatic rings. The van der Waals surface area contributed by atoms with Crippen LogP contribution in [-0.4, -0.2) is 11.9 Å². The number of rotatable bonds is 3. The first-order valence-corrected chi connectivity index (χ1v) is 7.49. The van der Waals surface area contributed by atoms with E-state index in [1.807, 2.05) is 43.3 Å². The maximum Gasteiger partial charge on any atom is 0.279 e. The number of nitrogens with two attached hydrogens (primary N) is 1. The molecule has 0 aliphatic carbocycles. The van der Waals surface area contributed by atoms with Crippen LogP contribution in [0.2, 0.25) is 0 Å². The van der Waals surface area contributed by atoms with Crippen LogP contribution in [0.25, 0.3) is 0 Å². The summed E-state index contributed by atoms with van der Waals surface area (Å²) in [5, 5.41) is 5.26. The fourth-order valence-corrected chi connectivity index (χ4v) is 2.89. The maximum atomic E-state index is 12.4. The third kappa shape index (κ3) is 3.14. The second-order valence-corrected chi connectivity index (χ2v) is 5.66. The highest BCUT2D eigenvalue weighted by Gasteiger charge is 2.28. The van der Waals surface area contributed by atoms with E-state index in [-0.39, 0.29) is 18.0 Å². The lowest BCUT2D eigenvalue weighted by molar-refractivity contribution is -0.695. The molecule has 3 heteroatoms. The molecule has 0 unspecified atom stereocenters. The minimum absolute atomic E-state index is 0.0222. The molecule has 0 bridgehead atoms. The van der Waals surface area contributed by atoms with Gasteiger partial charge in [-0.05, 0) is 18.1 Å². The fraction of sp³-hybridized carbons (Fsp3) is 0.278. The summed E-state index contributed by atoms with van der Waals surface area (Å²) < 4.78 is 0. The summed E-state index contributed by atoms with van der Waals surface area (Å²) in [5.74, 6) is 0.126. The number of fused-ring (bicyclic) bond motifs is 1. The quantitative estimate of drug-likeness (QED) is 0.881. The number of benzene rings is 2. The number of nitrogens with one attached hydrogen (secondary N) is 1. The maximum absolute atomic E-state index is 12.4. The van der Waals surface area contributed by atoms with Gasteiger partial charge in [-0.3, -0.25) is 4.79 Å². The van der Waals surface area contributed by atoms with Crippen molar-refractivity contribution in [2.45, 2.75) is 32.0 Å². The number of hydrogen-bond donors (Lipinski definition) is 2. The summed E-state index contributed by atoms with van der Waals surface area (Å²) >= 11 is 0. The Morgan fingerprint density at radius 2 is 1.76 bits per heavy atom. The monoisotopic (exact) mass is 281 g/mol. The van der Waals surface area contributed by atoms with Crippen molar-refractivity contribution in [3.8, 4) is 0 Å². The van der Waals surface area contributed by atoms with Gasteiger partial charge in [0.2, 0.25) is 0 Å². The van der Waals surface area contributed by atoms with Crippen molar-refractivity contribution in [2.75, 3.05) is 0 Å². The first-order valence-electron chi connectivity index (χ1n) is 7.49. The normalized spacial score (nSPS) is 18.6. The Labute approximate surface area is 125 Å². The summed E-state index contributed by atoms with van der Waals surface area (Å²) in [5.41, 5.74) is 3.78. The van der Waals surface area contributed by atoms with Gasteiger partial charge in [0.05, 0.1) is 6.04 Å². The summed E-state index contributed by atoms with van der Waals surface area (Å²) in [7, 11) is 0. The van der Waals surface area contributed by atoms with Gasteiger partial charge in [-0.15, -0.1) is 0 Å². The lowest BCUT2D eigenvalue weighted by Gasteiger charge is -2.24. The van der Waals surface area contributed by atoms with Crippen molar-refractivity contribution in [3.05, 3.63) is 71.3 Å². The third-order valence-electron chi connectivity index (χ3n) is 4.18. The van der Waals surface area contributed by atoms with Crippen molar-refractivity contribution >= 4 is 5.91 Å². The lowest BCUT2D eigenvalue weighted by atomic mass is 9.95. The Hall–Kier alpha value is -2.13. The van der Waals surface area contributed by atoms with Gasteiger partial charge in [-0.1, -0.05) is 54.6 Å². The highest BCUT2D eigenvalue weighted by atomic mass is 16.2. The van der Waals surface area contributed by atoms with Crippen LogP contribution in [0, 0.1) is 0 Å². The van der Waals surface area contributed by atoms with E-state index in [0.717, 1.165) is 18.5 Å². The van der Waals surface area contributed by atoms with Gasteiger partial charge in [0.1, 0.15) is 6.54 Å². The summed E-state index contributed by atoms with van der Waals surface area (Å²) in [6.45, 7) is 2.91. The molecule has 0 saturated heterocycles. The molecule has 3 N–H and O–H groups in total. The molecule has 2 atom stereocenters. The number of hydrogen-bond acceptors (Lipinski definition) is 1. The first kappa shape index (κ1) is 13.8. The molecule has 0 saturated carbocycles. The predicted octanol–water partition coefficient (Wildman–Crippen LogP) is 1.55. The van der Waals surface area contributed by atoms with Crippen molar-refractivity contribution in [3.63, 3.8) is 0 Å². The number of carbonyl (C=O) groups is 1. The fourth-order valence-electron chi connectivity index (χ4n) is 2.89. The van der Waals surface area contributed by atoms with Crippen LogP contribution in [0.1, 0.15) is 29.7 Å². The van der Waals surface area contributed by atoms with Gasteiger partial charge in [-0.25, -0.2) is 0 Å². The molecule has 1 amide bonds. The Bertz CT molecular complexity index is 624. The van der Waals surface area contributed by atoms with Crippen LogP contribution in [0.4, 0.5) is 0 Å². The van der Waals surface area contributed by atoms with E-state index in [4.69, 9.17) is 0 Å². The van der Waals surface area contributed by atoms with Crippen molar-refractivity contribution in [1.82, 2.24) is 5.32 Å². The molecular formula is C18H21N2O+. The number of amides is 1. The van der Waals surface area contributed by atoms with E-state index in [2.05, 4.69) is 28.8 Å². The zero-order valence-electron chi connectivity index (χ0n) is 12.3. The van der Waals surface area contributed by atoms with Crippen molar-refractivity contribution in [2.24, 2.45) is 0 Å². The molecule has 2 aromatic carbocycles. The molecule has 3 nitrogen and oxygen atoms in total. The van der Waals surface area contributed by atoms with E-state index in [0.29, 0.717) is 0 Å². The van der Waals surface area contributed by atoms with Gasteiger partial charge in [0.25, 0.3) is 5.91 Å². The number of carbonyl (C=O) groups excluding carboxylic acids is 1. The zero-order chi connectivity index (χ0) is 14.7. The van der Waals surface area contributed by atoms with Gasteiger partial charge in [0, 0.05) is 12.0 Å². The highest BCUT2D eigenvalue weighted by molar-refractivity contribution is 5.81. The highest BCUT2D eigenvalue weighted by Crippen LogP contribution is 2.14. The Kier molecular flexibility index (Phi) is 4.02. The molecule has 0 fully saturated rings. The minimum atomic E-state index is -0.0222. The summed E-state index contributed by atoms with van der Waals surface area (Å²) in [6.07, 6.45) is 0.809. The van der Waals surface area contributed by atoms with Crippen LogP contribution in [0.5, 0.6) is 0 Å². The average Bonchev–Trinajstić information content (AvgIpc) is 2.55. The van der Waals surface area contributed by atoms with E-state index >= 15 is 0 Å². The largest absolute Gasteiger partial charge is 0.344 e. The molecule has 1 aliphatic heterocycles. The van der Waals surface area contributed by atoms with Crippen LogP contribution in [0.3, 0.4) is 0 Å². The molecule has 1 heterocycles. The third-order valence-corrected chi connectivity index (χ3v) is 4.18. The lowest BCUT2D eigenvalue weighted by Crippen LogP contribution is -2.93. The Morgan fingerprint density at radius 1 is 1.10 bits per heavy atom. The molecule has 0 spiro atoms. The predicted molar refractivity (Wildman–Crippen MR) is 82.6 cm³/mol. The van der Waals surface area contributed by atoms with Gasteiger partial charge in [0.15, 0.2) is 6.04 Å². The standard InChI is InChI=1S/C18H20N2O/c1-13(14-7-3-2-4-8-14)20-18(21)17-11-15-9-5-6-10-16(15)12-19-17/h2-10,13,17,19H,11-12H2,1H3,(H,20,21)/p+1/t13-,17-/m0/s1. The Morgan fingerprint density at radius 3 is 2.52 bits per heavy atom. The second-order valence-electron chi connectivity index (χ2n) is 5.66. The van der Waals surface area contributed by atoms with Gasteiger partial charge < -0.3 is 10.6 Å². The zero-order valence-corrected chi connectivity index (χ0v) is 12.3. The SMILES string of the molecule is C[C@H](NC(=O)[C@@H]1Cc2ccccc2C[NH2+]1)c1ccccc1. The van der Waals surface area contributed by atoms with Gasteiger partial charge in [-0.2, -0.15) is 0 Å². The van der Waals surface area contributed by atoms with E-state index in [9.17, 15) is 4.79 Å². The molecule has 0 radical (unpaired) electrons. The number of quaternary nitrogens is 1. The van der Waals surface area contributed by atoms with Gasteiger partial charge >= 0.3 is 0 Å². The molecule has 108 valence electrons.